The quantitative estimate of drug-likeness (QED) is 0.188. The molecular formula is C28H21F7N2O6. The molecule has 0 spiro atoms. The summed E-state index contributed by atoms with van der Waals surface area (Å²) in [6, 6.07) is 16.1. The van der Waals surface area contributed by atoms with Gasteiger partial charge in [-0.2, -0.15) is 26.3 Å². The predicted molar refractivity (Wildman–Crippen MR) is 139 cm³/mol. The van der Waals surface area contributed by atoms with Crippen molar-refractivity contribution in [3.05, 3.63) is 107 Å². The molecule has 0 saturated carbocycles. The summed E-state index contributed by atoms with van der Waals surface area (Å²) in [6.45, 7) is -2.75. The lowest BCUT2D eigenvalue weighted by atomic mass is 10.1. The molecule has 0 saturated heterocycles. The predicted octanol–water partition coefficient (Wildman–Crippen LogP) is 6.83. The highest BCUT2D eigenvalue weighted by molar-refractivity contribution is 6.06. The first-order valence-electron chi connectivity index (χ1n) is 11.9. The number of rotatable bonds is 8. The van der Waals surface area contributed by atoms with Crippen LogP contribution in [0.1, 0.15) is 10.4 Å². The number of phenols is 1. The number of alkyl halides is 6. The van der Waals surface area contributed by atoms with Gasteiger partial charge in [0.2, 0.25) is 5.56 Å². The minimum Gasteiger partial charge on any atom is -0.508 e. The average molecular weight is 614 g/mol. The van der Waals surface area contributed by atoms with Crippen LogP contribution in [0.4, 0.5) is 36.4 Å². The number of hydrogen-bond donors (Lipinski definition) is 3. The van der Waals surface area contributed by atoms with Crippen LogP contribution in [-0.4, -0.2) is 41.6 Å². The molecular weight excluding hydrogens is 593 g/mol. The highest BCUT2D eigenvalue weighted by Crippen LogP contribution is 2.29. The Morgan fingerprint density at radius 1 is 0.767 bits per heavy atom. The molecule has 1 heterocycles. The zero-order valence-corrected chi connectivity index (χ0v) is 21.6. The smallest absolute Gasteiger partial charge is 0.422 e. The van der Waals surface area contributed by atoms with E-state index < -0.39 is 42.9 Å². The molecule has 0 aliphatic heterocycles. The van der Waals surface area contributed by atoms with Gasteiger partial charge in [0.05, 0.1) is 5.56 Å². The standard InChI is InChI=1S/C20H14F4N2O4.C8H7F3O2/c21-12-1-6-17(16(9-12)19(28)26-13-7-8-25-18(27)10-13)30-15-4-2-14(3-5-15)29-11-20(22,23)24;9-8(10,11)5-13-7-3-1-6(12)2-4-7/h1-10H,11H2,(H2,25,26,27,28);1-4,12H,5H2. The normalized spacial score (nSPS) is 11.1. The number of halogens is 7. The molecule has 4 rings (SSSR count). The number of anilines is 1. The number of amides is 1. The Kier molecular flexibility index (Phi) is 10.6. The van der Waals surface area contributed by atoms with E-state index in [9.17, 15) is 40.3 Å². The van der Waals surface area contributed by atoms with Gasteiger partial charge in [-0.05, 0) is 72.8 Å². The van der Waals surface area contributed by atoms with E-state index in [2.05, 4.69) is 19.8 Å². The van der Waals surface area contributed by atoms with Gasteiger partial charge in [0.25, 0.3) is 5.91 Å². The van der Waals surface area contributed by atoms with Crippen molar-refractivity contribution in [3.8, 4) is 28.7 Å². The fourth-order valence-electron chi connectivity index (χ4n) is 3.09. The molecule has 0 unspecified atom stereocenters. The minimum atomic E-state index is -4.46. The Morgan fingerprint density at radius 2 is 1.30 bits per heavy atom. The number of aromatic hydroxyl groups is 1. The minimum absolute atomic E-state index is 0.00250. The second-order valence-electron chi connectivity index (χ2n) is 8.41. The Balaban J connectivity index is 0.000000326. The molecule has 0 aliphatic rings. The van der Waals surface area contributed by atoms with Gasteiger partial charge in [0, 0.05) is 18.0 Å². The van der Waals surface area contributed by atoms with E-state index in [-0.39, 0.29) is 40.0 Å². The maximum Gasteiger partial charge on any atom is 0.422 e. The van der Waals surface area contributed by atoms with Gasteiger partial charge in [-0.15, -0.1) is 0 Å². The third-order valence-electron chi connectivity index (χ3n) is 4.91. The second kappa shape index (κ2) is 14.1. The monoisotopic (exact) mass is 614 g/mol. The number of carbonyl (C=O) groups is 1. The van der Waals surface area contributed by atoms with Crippen LogP contribution in [0.3, 0.4) is 0 Å². The van der Waals surface area contributed by atoms with Crippen LogP contribution >= 0.6 is 0 Å². The highest BCUT2D eigenvalue weighted by Gasteiger charge is 2.29. The zero-order chi connectivity index (χ0) is 31.6. The molecule has 0 bridgehead atoms. The van der Waals surface area contributed by atoms with Crippen LogP contribution < -0.4 is 25.1 Å². The van der Waals surface area contributed by atoms with Crippen molar-refractivity contribution in [2.45, 2.75) is 12.4 Å². The largest absolute Gasteiger partial charge is 0.508 e. The van der Waals surface area contributed by atoms with Crippen LogP contribution in [0.2, 0.25) is 0 Å². The van der Waals surface area contributed by atoms with Crippen molar-refractivity contribution < 1.29 is 54.8 Å². The number of ether oxygens (including phenoxy) is 3. The van der Waals surface area contributed by atoms with E-state index in [4.69, 9.17) is 9.84 Å². The first-order valence-corrected chi connectivity index (χ1v) is 11.9. The van der Waals surface area contributed by atoms with E-state index in [1.165, 1.54) is 66.9 Å². The number of H-pyrrole nitrogens is 1. The molecule has 43 heavy (non-hydrogen) atoms. The first kappa shape index (κ1) is 32.3. The summed E-state index contributed by atoms with van der Waals surface area (Å²) in [5.41, 5.74) is -0.380. The Hall–Kier alpha value is -5.21. The summed E-state index contributed by atoms with van der Waals surface area (Å²) in [5, 5.41) is 11.3. The fraction of sp³-hybridized carbons (Fsp3) is 0.143. The van der Waals surface area contributed by atoms with Crippen molar-refractivity contribution in [2.75, 3.05) is 18.5 Å². The summed E-state index contributed by atoms with van der Waals surface area (Å²) >= 11 is 0. The zero-order valence-electron chi connectivity index (χ0n) is 21.6. The lowest BCUT2D eigenvalue weighted by molar-refractivity contribution is -0.154. The van der Waals surface area contributed by atoms with Crippen molar-refractivity contribution in [1.82, 2.24) is 4.98 Å². The summed E-state index contributed by atoms with van der Waals surface area (Å²) in [7, 11) is 0. The van der Waals surface area contributed by atoms with Crippen molar-refractivity contribution in [3.63, 3.8) is 0 Å². The topological polar surface area (TPSA) is 110 Å². The average Bonchev–Trinajstić information content (AvgIpc) is 2.93. The molecule has 0 atom stereocenters. The van der Waals surface area contributed by atoms with Gasteiger partial charge in [0.1, 0.15) is 34.6 Å². The lowest BCUT2D eigenvalue weighted by Crippen LogP contribution is -2.19. The van der Waals surface area contributed by atoms with Crippen molar-refractivity contribution >= 4 is 11.6 Å². The van der Waals surface area contributed by atoms with Crippen LogP contribution in [0.5, 0.6) is 28.7 Å². The maximum absolute atomic E-state index is 13.7. The van der Waals surface area contributed by atoms with E-state index in [1.807, 2.05) is 0 Å². The summed E-state index contributed by atoms with van der Waals surface area (Å²) in [5.74, 6) is -1.18. The molecule has 1 aromatic heterocycles. The van der Waals surface area contributed by atoms with Crippen LogP contribution in [0, 0.1) is 5.82 Å². The number of pyridine rings is 1. The molecule has 8 nitrogen and oxygen atoms in total. The molecule has 3 N–H and O–H groups in total. The van der Waals surface area contributed by atoms with E-state index in [0.717, 1.165) is 18.2 Å². The molecule has 15 heteroatoms. The second-order valence-corrected chi connectivity index (χ2v) is 8.41. The number of nitrogens with one attached hydrogen (secondary N) is 2. The SMILES string of the molecule is O=C(Nc1cc[nH]c(=O)c1)c1cc(F)ccc1Oc1ccc(OCC(F)(F)F)cc1.Oc1ccc(OCC(F)(F)F)cc1. The summed E-state index contributed by atoms with van der Waals surface area (Å²) in [4.78, 5) is 26.3. The Morgan fingerprint density at radius 3 is 1.84 bits per heavy atom. The third kappa shape index (κ3) is 11.7. The van der Waals surface area contributed by atoms with Gasteiger partial charge in [0.15, 0.2) is 13.2 Å². The van der Waals surface area contributed by atoms with Crippen LogP contribution in [-0.2, 0) is 0 Å². The third-order valence-corrected chi connectivity index (χ3v) is 4.91. The molecule has 228 valence electrons. The molecule has 3 aromatic carbocycles. The molecule has 1 amide bonds. The highest BCUT2D eigenvalue weighted by atomic mass is 19.4. The first-order chi connectivity index (χ1) is 20.2. The van der Waals surface area contributed by atoms with E-state index >= 15 is 0 Å². The Labute approximate surface area is 238 Å². The van der Waals surface area contributed by atoms with Crippen molar-refractivity contribution in [1.29, 1.82) is 0 Å². The molecule has 4 aromatic rings. The van der Waals surface area contributed by atoms with E-state index in [0.29, 0.717) is 0 Å². The van der Waals surface area contributed by atoms with Crippen LogP contribution in [0.15, 0.2) is 89.9 Å². The molecule has 0 radical (unpaired) electrons. The van der Waals surface area contributed by atoms with Gasteiger partial charge in [-0.25, -0.2) is 4.39 Å². The lowest BCUT2D eigenvalue weighted by Gasteiger charge is -2.13. The van der Waals surface area contributed by atoms with E-state index in [1.54, 1.807) is 0 Å². The van der Waals surface area contributed by atoms with Gasteiger partial charge in [-0.1, -0.05) is 0 Å². The number of carbonyl (C=O) groups excluding carboxylic acids is 1. The van der Waals surface area contributed by atoms with Gasteiger partial charge in [-0.3, -0.25) is 9.59 Å². The number of hydrogen-bond acceptors (Lipinski definition) is 6. The number of benzene rings is 3. The van der Waals surface area contributed by atoms with Crippen LogP contribution in [0.25, 0.3) is 0 Å². The summed E-state index contributed by atoms with van der Waals surface area (Å²) < 4.78 is 99.8. The number of aromatic amines is 1. The fourth-order valence-corrected chi connectivity index (χ4v) is 3.09. The molecule has 0 aliphatic carbocycles. The summed E-state index contributed by atoms with van der Waals surface area (Å²) in [6.07, 6.45) is -7.46. The molecule has 0 fully saturated rings. The Bertz CT molecular complexity index is 1550. The van der Waals surface area contributed by atoms with Crippen molar-refractivity contribution in [2.24, 2.45) is 0 Å². The number of phenolic OH excluding ortho intramolecular Hbond substituents is 1. The van der Waals surface area contributed by atoms with Gasteiger partial charge >= 0.3 is 12.4 Å². The maximum atomic E-state index is 13.7. The van der Waals surface area contributed by atoms with Gasteiger partial charge < -0.3 is 29.6 Å². The number of aromatic nitrogens is 1.